The number of pyridine rings is 1. The van der Waals surface area contributed by atoms with E-state index in [1.807, 2.05) is 10.6 Å². The second-order valence-electron chi connectivity index (χ2n) is 10.2. The van der Waals surface area contributed by atoms with E-state index in [-0.39, 0.29) is 29.7 Å². The summed E-state index contributed by atoms with van der Waals surface area (Å²) in [7, 11) is -1.24. The van der Waals surface area contributed by atoms with E-state index in [0.29, 0.717) is 43.7 Å². The fourth-order valence-corrected chi connectivity index (χ4v) is 5.04. The normalized spacial score (nSPS) is 16.6. The van der Waals surface area contributed by atoms with Gasteiger partial charge in [-0.2, -0.15) is 0 Å². The molecule has 0 radical (unpaired) electrons. The number of carbonyl (C=O) groups excluding carboxylic acids is 1. The lowest BCUT2D eigenvalue weighted by Crippen LogP contribution is -2.38. The van der Waals surface area contributed by atoms with Gasteiger partial charge in [-0.1, -0.05) is 43.4 Å². The molecule has 35 heavy (non-hydrogen) atoms. The minimum absolute atomic E-state index is 0.00980. The molecule has 188 valence electrons. The van der Waals surface area contributed by atoms with Crippen LogP contribution in [0.4, 0.5) is 8.78 Å². The van der Waals surface area contributed by atoms with Crippen LogP contribution in [0.25, 0.3) is 11.0 Å². The molecule has 1 fully saturated rings. The van der Waals surface area contributed by atoms with Gasteiger partial charge in [0.25, 0.3) is 0 Å². The van der Waals surface area contributed by atoms with Crippen LogP contribution in [0.3, 0.4) is 0 Å². The first-order valence-electron chi connectivity index (χ1n) is 11.8. The Morgan fingerprint density at radius 1 is 1.20 bits per heavy atom. The molecule has 3 heterocycles. The number of carbonyl (C=O) groups is 1. The summed E-state index contributed by atoms with van der Waals surface area (Å²) in [5, 5.41) is 3.17. The second-order valence-corrected chi connectivity index (χ2v) is 16.2. The summed E-state index contributed by atoms with van der Waals surface area (Å²) in [6.07, 6.45) is 0.672. The van der Waals surface area contributed by atoms with Gasteiger partial charge in [0, 0.05) is 46.1 Å². The van der Waals surface area contributed by atoms with Crippen LogP contribution in [0.2, 0.25) is 30.8 Å². The Hall–Kier alpha value is -2.33. The number of likely N-dealkylation sites (tertiary alicyclic amines) is 1. The van der Waals surface area contributed by atoms with Crippen LogP contribution in [0.1, 0.15) is 17.7 Å². The number of hydrogen-bond donors (Lipinski definition) is 1. The minimum atomic E-state index is -1.24. The van der Waals surface area contributed by atoms with Crippen molar-refractivity contribution in [2.45, 2.75) is 58.0 Å². The molecule has 3 aromatic rings. The van der Waals surface area contributed by atoms with Crippen molar-refractivity contribution in [1.29, 1.82) is 0 Å². The van der Waals surface area contributed by atoms with Crippen LogP contribution in [-0.4, -0.2) is 47.6 Å². The van der Waals surface area contributed by atoms with Gasteiger partial charge in [-0.3, -0.25) is 4.79 Å². The van der Waals surface area contributed by atoms with Gasteiger partial charge in [0.1, 0.15) is 12.5 Å². The highest BCUT2D eigenvalue weighted by Crippen LogP contribution is 2.24. The average molecular weight is 521 g/mol. The molecule has 0 aliphatic carbocycles. The summed E-state index contributed by atoms with van der Waals surface area (Å²) in [5.74, 6) is -0.866. The lowest BCUT2D eigenvalue weighted by Gasteiger charge is -2.18. The Bertz CT molecular complexity index is 1200. The van der Waals surface area contributed by atoms with Crippen LogP contribution >= 0.6 is 11.6 Å². The zero-order valence-electron chi connectivity index (χ0n) is 20.3. The van der Waals surface area contributed by atoms with E-state index in [1.165, 1.54) is 18.2 Å². The molecular weight excluding hydrogens is 490 g/mol. The Morgan fingerprint density at radius 3 is 2.66 bits per heavy atom. The molecule has 1 N–H and O–H groups in total. The lowest BCUT2D eigenvalue weighted by atomic mass is 10.2. The summed E-state index contributed by atoms with van der Waals surface area (Å²) in [6.45, 7) is 9.23. The third kappa shape index (κ3) is 6.46. The van der Waals surface area contributed by atoms with Crippen LogP contribution in [0.5, 0.6) is 0 Å². The minimum Gasteiger partial charge on any atom is -0.361 e. The first kappa shape index (κ1) is 25.8. The molecule has 10 heteroatoms. The van der Waals surface area contributed by atoms with Gasteiger partial charge in [0.05, 0.1) is 17.1 Å². The summed E-state index contributed by atoms with van der Waals surface area (Å²) in [4.78, 5) is 18.9. The zero-order valence-corrected chi connectivity index (χ0v) is 22.0. The second kappa shape index (κ2) is 10.7. The Labute approximate surface area is 210 Å². The van der Waals surface area contributed by atoms with Crippen LogP contribution < -0.4 is 5.32 Å². The van der Waals surface area contributed by atoms with E-state index in [9.17, 15) is 13.6 Å². The predicted octanol–water partition coefficient (Wildman–Crippen LogP) is 5.17. The van der Waals surface area contributed by atoms with Crippen LogP contribution in [0.15, 0.2) is 36.4 Å². The Kier molecular flexibility index (Phi) is 7.90. The van der Waals surface area contributed by atoms with Gasteiger partial charge in [-0.05, 0) is 36.2 Å². The number of nitrogens with one attached hydrogen (secondary N) is 1. The van der Waals surface area contributed by atoms with E-state index in [1.54, 1.807) is 17.0 Å². The monoisotopic (exact) mass is 520 g/mol. The summed E-state index contributed by atoms with van der Waals surface area (Å²) < 4.78 is 35.2. The molecule has 2 aromatic heterocycles. The number of benzene rings is 1. The Morgan fingerprint density at radius 2 is 1.94 bits per heavy atom. The highest BCUT2D eigenvalue weighted by atomic mass is 35.5. The highest BCUT2D eigenvalue weighted by Gasteiger charge is 2.31. The van der Waals surface area contributed by atoms with Gasteiger partial charge in [-0.15, -0.1) is 0 Å². The molecule has 1 amide bonds. The third-order valence-corrected chi connectivity index (χ3v) is 8.18. The largest absolute Gasteiger partial charge is 0.361 e. The van der Waals surface area contributed by atoms with Gasteiger partial charge < -0.3 is 19.5 Å². The molecule has 0 bridgehead atoms. The highest BCUT2D eigenvalue weighted by molar-refractivity contribution is 6.76. The summed E-state index contributed by atoms with van der Waals surface area (Å²) >= 11 is 5.91. The molecule has 1 aliphatic rings. The maximum atomic E-state index is 14.2. The summed E-state index contributed by atoms with van der Waals surface area (Å²) in [5.41, 5.74) is 2.91. The number of amides is 1. The number of rotatable bonds is 10. The SMILES string of the molecule is C[Si](C)(C)CCOCn1c(CNC2CCN(Cc3ccc(F)cc3)C2=O)cc2nc(Cl)c(F)cc21. The number of hydrogen-bond acceptors (Lipinski definition) is 4. The first-order chi connectivity index (χ1) is 16.6. The van der Waals surface area contributed by atoms with Crippen molar-refractivity contribution < 1.29 is 18.3 Å². The van der Waals surface area contributed by atoms with Gasteiger partial charge in [0.2, 0.25) is 5.91 Å². The fourth-order valence-electron chi connectivity index (χ4n) is 4.14. The topological polar surface area (TPSA) is 59.4 Å². The predicted molar refractivity (Wildman–Crippen MR) is 136 cm³/mol. The molecule has 1 saturated heterocycles. The van der Waals surface area contributed by atoms with Crippen molar-refractivity contribution >= 4 is 36.6 Å². The molecule has 6 nitrogen and oxygen atoms in total. The Balaban J connectivity index is 1.44. The van der Waals surface area contributed by atoms with E-state index in [4.69, 9.17) is 16.3 Å². The zero-order chi connectivity index (χ0) is 25.2. The van der Waals surface area contributed by atoms with Crippen LogP contribution in [-0.2, 0) is 29.4 Å². The fraction of sp³-hybridized carbons (Fsp3) is 0.440. The van der Waals surface area contributed by atoms with E-state index >= 15 is 0 Å². The van der Waals surface area contributed by atoms with Crippen molar-refractivity contribution in [1.82, 2.24) is 19.8 Å². The van der Waals surface area contributed by atoms with Gasteiger partial charge in [0.15, 0.2) is 11.0 Å². The van der Waals surface area contributed by atoms with Gasteiger partial charge >= 0.3 is 0 Å². The molecule has 1 aliphatic heterocycles. The van der Waals surface area contributed by atoms with Crippen LogP contribution in [0, 0.1) is 11.6 Å². The first-order valence-corrected chi connectivity index (χ1v) is 15.9. The van der Waals surface area contributed by atoms with E-state index in [2.05, 4.69) is 29.9 Å². The summed E-state index contributed by atoms with van der Waals surface area (Å²) in [6, 6.07) is 10.1. The molecule has 1 aromatic carbocycles. The maximum Gasteiger partial charge on any atom is 0.240 e. The molecule has 0 saturated carbocycles. The number of nitrogens with zero attached hydrogens (tertiary/aromatic N) is 3. The molecule has 0 spiro atoms. The number of fused-ring (bicyclic) bond motifs is 1. The number of aromatic nitrogens is 2. The van der Waals surface area contributed by atoms with Crippen molar-refractivity contribution in [3.05, 3.63) is 64.4 Å². The number of ether oxygens (including phenoxy) is 1. The molecule has 4 rings (SSSR count). The standard InChI is InChI=1S/C25H31ClF2N4O2Si/c1-35(2,3)11-10-34-16-32-19(12-22-23(32)13-20(28)24(26)30-22)14-29-21-8-9-31(25(21)33)15-17-4-6-18(27)7-5-17/h4-7,12-13,21,29H,8-11,14-16H2,1-3H3. The lowest BCUT2D eigenvalue weighted by molar-refractivity contribution is -0.129. The third-order valence-electron chi connectivity index (χ3n) is 6.21. The maximum absolute atomic E-state index is 14.2. The van der Waals surface area contributed by atoms with E-state index in [0.717, 1.165) is 17.3 Å². The average Bonchev–Trinajstić information content (AvgIpc) is 3.30. The van der Waals surface area contributed by atoms with Crippen molar-refractivity contribution in [3.63, 3.8) is 0 Å². The number of halogens is 3. The van der Waals surface area contributed by atoms with Crippen molar-refractivity contribution in [2.75, 3.05) is 13.2 Å². The molecule has 1 atom stereocenters. The van der Waals surface area contributed by atoms with Crippen molar-refractivity contribution in [2.24, 2.45) is 0 Å². The van der Waals surface area contributed by atoms with Crippen molar-refractivity contribution in [3.8, 4) is 0 Å². The van der Waals surface area contributed by atoms with Gasteiger partial charge in [-0.25, -0.2) is 13.8 Å². The smallest absolute Gasteiger partial charge is 0.240 e. The van der Waals surface area contributed by atoms with E-state index < -0.39 is 13.9 Å². The quantitative estimate of drug-likeness (QED) is 0.227. The molecular formula is C25H31ClF2N4O2Si. The molecule has 1 unspecified atom stereocenters.